The van der Waals surface area contributed by atoms with E-state index in [1.165, 1.54) is 6.07 Å². The van der Waals surface area contributed by atoms with Crippen LogP contribution in [0.25, 0.3) is 0 Å². The summed E-state index contributed by atoms with van der Waals surface area (Å²) in [5.41, 5.74) is -0.821. The largest absolute Gasteiger partial charge is 0.385 e. The molecule has 2 unspecified atom stereocenters. The summed E-state index contributed by atoms with van der Waals surface area (Å²) in [7, 11) is 0. The topological polar surface area (TPSA) is 32.3 Å². The predicted octanol–water partition coefficient (Wildman–Crippen LogP) is 2.69. The number of rotatable bonds is 2. The highest BCUT2D eigenvalue weighted by Crippen LogP contribution is 2.35. The number of nitrogens with one attached hydrogen (secondary N) is 1. The van der Waals surface area contributed by atoms with Gasteiger partial charge in [0.15, 0.2) is 0 Å². The van der Waals surface area contributed by atoms with Gasteiger partial charge >= 0.3 is 0 Å². The summed E-state index contributed by atoms with van der Waals surface area (Å²) in [5.74, 6) is -0.403. The highest BCUT2D eigenvalue weighted by atomic mass is 35.5. The van der Waals surface area contributed by atoms with Crippen molar-refractivity contribution in [2.24, 2.45) is 5.92 Å². The maximum atomic E-state index is 13.8. The molecule has 0 aliphatic carbocycles. The van der Waals surface area contributed by atoms with Crippen LogP contribution in [0.2, 0.25) is 5.02 Å². The van der Waals surface area contributed by atoms with Crippen LogP contribution in [0.15, 0.2) is 18.2 Å². The van der Waals surface area contributed by atoms with Crippen molar-refractivity contribution in [3.8, 4) is 0 Å². The van der Waals surface area contributed by atoms with Gasteiger partial charge in [0, 0.05) is 23.0 Å². The van der Waals surface area contributed by atoms with Gasteiger partial charge in [0.2, 0.25) is 0 Å². The van der Waals surface area contributed by atoms with Crippen LogP contribution >= 0.6 is 11.6 Å². The first-order valence-electron chi connectivity index (χ1n) is 5.90. The highest BCUT2D eigenvalue weighted by molar-refractivity contribution is 6.30. The molecule has 94 valence electrons. The van der Waals surface area contributed by atoms with E-state index in [-0.39, 0.29) is 5.92 Å². The molecule has 2 rings (SSSR count). The van der Waals surface area contributed by atoms with Crippen LogP contribution in [0.3, 0.4) is 0 Å². The van der Waals surface area contributed by atoms with Gasteiger partial charge in [0.05, 0.1) is 5.60 Å². The summed E-state index contributed by atoms with van der Waals surface area (Å²) in [4.78, 5) is 0. The number of halogens is 2. The summed E-state index contributed by atoms with van der Waals surface area (Å²) in [6.07, 6.45) is 1.91. The van der Waals surface area contributed by atoms with Gasteiger partial charge in [-0.25, -0.2) is 4.39 Å². The Hall–Kier alpha value is -0.640. The van der Waals surface area contributed by atoms with E-state index in [1.54, 1.807) is 19.1 Å². The smallest absolute Gasteiger partial charge is 0.130 e. The van der Waals surface area contributed by atoms with Gasteiger partial charge in [0.1, 0.15) is 5.82 Å². The molecule has 1 heterocycles. The van der Waals surface area contributed by atoms with Gasteiger partial charge in [-0.05, 0) is 38.4 Å². The van der Waals surface area contributed by atoms with E-state index in [2.05, 4.69) is 5.32 Å². The molecular weight excluding hydrogens is 241 g/mol. The zero-order valence-electron chi connectivity index (χ0n) is 9.84. The maximum absolute atomic E-state index is 13.8. The monoisotopic (exact) mass is 257 g/mol. The molecule has 1 aromatic carbocycles. The molecule has 0 amide bonds. The summed E-state index contributed by atoms with van der Waals surface area (Å²) < 4.78 is 13.8. The van der Waals surface area contributed by atoms with E-state index in [1.807, 2.05) is 0 Å². The second-order valence-corrected chi connectivity index (χ2v) is 5.25. The van der Waals surface area contributed by atoms with Crippen LogP contribution in [0.4, 0.5) is 4.39 Å². The van der Waals surface area contributed by atoms with E-state index in [0.29, 0.717) is 10.6 Å². The fourth-order valence-electron chi connectivity index (χ4n) is 2.45. The molecule has 1 aliphatic rings. The minimum absolute atomic E-state index is 0.0342. The minimum atomic E-state index is -1.15. The highest BCUT2D eigenvalue weighted by Gasteiger charge is 2.36. The Kier molecular flexibility index (Phi) is 3.71. The molecule has 0 aromatic heterocycles. The number of piperidine rings is 1. The third kappa shape index (κ3) is 2.62. The van der Waals surface area contributed by atoms with E-state index in [9.17, 15) is 9.50 Å². The van der Waals surface area contributed by atoms with Gasteiger partial charge < -0.3 is 10.4 Å². The molecule has 4 heteroatoms. The molecule has 0 saturated carbocycles. The first-order valence-corrected chi connectivity index (χ1v) is 6.28. The third-order valence-corrected chi connectivity index (χ3v) is 3.80. The summed E-state index contributed by atoms with van der Waals surface area (Å²) in [6, 6.07) is 4.44. The van der Waals surface area contributed by atoms with E-state index in [4.69, 9.17) is 11.6 Å². The maximum Gasteiger partial charge on any atom is 0.130 e. The van der Waals surface area contributed by atoms with Gasteiger partial charge in [0.25, 0.3) is 0 Å². The molecule has 2 atom stereocenters. The van der Waals surface area contributed by atoms with Crippen LogP contribution < -0.4 is 5.32 Å². The van der Waals surface area contributed by atoms with Gasteiger partial charge in [-0.3, -0.25) is 0 Å². The predicted molar refractivity (Wildman–Crippen MR) is 66.6 cm³/mol. The Morgan fingerprint density at radius 2 is 2.29 bits per heavy atom. The summed E-state index contributed by atoms with van der Waals surface area (Å²) >= 11 is 5.72. The van der Waals surface area contributed by atoms with Crippen LogP contribution in [0, 0.1) is 11.7 Å². The lowest BCUT2D eigenvalue weighted by molar-refractivity contribution is -0.0185. The van der Waals surface area contributed by atoms with Crippen LogP contribution in [-0.4, -0.2) is 18.2 Å². The molecule has 17 heavy (non-hydrogen) atoms. The number of benzene rings is 1. The molecule has 2 N–H and O–H groups in total. The van der Waals surface area contributed by atoms with Crippen molar-refractivity contribution in [3.05, 3.63) is 34.6 Å². The van der Waals surface area contributed by atoms with Crippen molar-refractivity contribution < 1.29 is 9.50 Å². The van der Waals surface area contributed by atoms with E-state index in [0.717, 1.165) is 25.9 Å². The Bertz CT molecular complexity index is 402. The molecule has 1 aliphatic heterocycles. The Labute approximate surface area is 106 Å². The lowest BCUT2D eigenvalue weighted by Crippen LogP contribution is -2.42. The average molecular weight is 258 g/mol. The summed E-state index contributed by atoms with van der Waals surface area (Å²) in [5, 5.41) is 14.1. The SMILES string of the molecule is CC(O)(c1ccc(Cl)cc1F)C1CCCNC1. The van der Waals surface area contributed by atoms with Crippen molar-refractivity contribution in [1.82, 2.24) is 5.32 Å². The van der Waals surface area contributed by atoms with Crippen molar-refractivity contribution in [3.63, 3.8) is 0 Å². The van der Waals surface area contributed by atoms with Crippen LogP contribution in [0.5, 0.6) is 0 Å². The van der Waals surface area contributed by atoms with Crippen LogP contribution in [0.1, 0.15) is 25.3 Å². The number of hydrogen-bond acceptors (Lipinski definition) is 2. The molecule has 0 spiro atoms. The number of aliphatic hydroxyl groups is 1. The van der Waals surface area contributed by atoms with Gasteiger partial charge in [-0.2, -0.15) is 0 Å². The third-order valence-electron chi connectivity index (χ3n) is 3.57. The molecule has 1 aromatic rings. The van der Waals surface area contributed by atoms with Crippen molar-refractivity contribution in [2.75, 3.05) is 13.1 Å². The second kappa shape index (κ2) is 4.92. The molecule has 0 bridgehead atoms. The van der Waals surface area contributed by atoms with Gasteiger partial charge in [-0.1, -0.05) is 17.7 Å². The Balaban J connectivity index is 2.29. The lowest BCUT2D eigenvalue weighted by Gasteiger charge is -2.36. The Morgan fingerprint density at radius 1 is 1.53 bits per heavy atom. The standard InChI is InChI=1S/C13H17ClFNO/c1-13(17,9-3-2-6-16-8-9)11-5-4-10(14)7-12(11)15/h4-5,7,9,16-17H,2-3,6,8H2,1H3. The zero-order chi connectivity index (χ0) is 12.5. The molecule has 2 nitrogen and oxygen atoms in total. The second-order valence-electron chi connectivity index (χ2n) is 4.81. The van der Waals surface area contributed by atoms with Crippen molar-refractivity contribution >= 4 is 11.6 Å². The number of hydrogen-bond donors (Lipinski definition) is 2. The molecule has 0 radical (unpaired) electrons. The molecule has 1 saturated heterocycles. The zero-order valence-corrected chi connectivity index (χ0v) is 10.6. The fourth-order valence-corrected chi connectivity index (χ4v) is 2.61. The van der Waals surface area contributed by atoms with Crippen molar-refractivity contribution in [1.29, 1.82) is 0 Å². The van der Waals surface area contributed by atoms with Crippen LogP contribution in [-0.2, 0) is 5.60 Å². The van der Waals surface area contributed by atoms with Crippen molar-refractivity contribution in [2.45, 2.75) is 25.4 Å². The van der Waals surface area contributed by atoms with E-state index >= 15 is 0 Å². The van der Waals surface area contributed by atoms with E-state index < -0.39 is 11.4 Å². The molecular formula is C13H17ClFNO. The molecule has 1 fully saturated rings. The minimum Gasteiger partial charge on any atom is -0.385 e. The first-order chi connectivity index (χ1) is 8.01. The summed E-state index contributed by atoms with van der Waals surface area (Å²) in [6.45, 7) is 3.36. The lowest BCUT2D eigenvalue weighted by atomic mass is 9.78. The van der Waals surface area contributed by atoms with Gasteiger partial charge in [-0.15, -0.1) is 0 Å². The average Bonchev–Trinajstić information content (AvgIpc) is 2.29. The normalized spacial score (nSPS) is 24.4. The fraction of sp³-hybridized carbons (Fsp3) is 0.538. The Morgan fingerprint density at radius 3 is 2.88 bits per heavy atom. The first kappa shape index (κ1) is 12.8. The quantitative estimate of drug-likeness (QED) is 0.854.